The maximum atomic E-state index is 6.12. The molecule has 2 N–H and O–H groups in total. The lowest BCUT2D eigenvalue weighted by Gasteiger charge is -2.35. The summed E-state index contributed by atoms with van der Waals surface area (Å²) in [6.45, 7) is 9.58. The van der Waals surface area contributed by atoms with E-state index in [1.165, 1.54) is 52.0 Å². The van der Waals surface area contributed by atoms with Crippen molar-refractivity contribution >= 4 is 0 Å². The molecule has 0 spiro atoms. The molecule has 0 radical (unpaired) electrons. The van der Waals surface area contributed by atoms with Crippen LogP contribution >= 0.6 is 0 Å². The SMILES string of the molecule is CCCN1CCN(CC2(N)CC2)CC1. The Morgan fingerprint density at radius 3 is 2.14 bits per heavy atom. The van der Waals surface area contributed by atoms with Crippen LogP contribution in [0.1, 0.15) is 26.2 Å². The van der Waals surface area contributed by atoms with E-state index in [1.807, 2.05) is 0 Å². The van der Waals surface area contributed by atoms with Crippen molar-refractivity contribution in [3.05, 3.63) is 0 Å². The van der Waals surface area contributed by atoms with Crippen molar-refractivity contribution in [2.45, 2.75) is 31.7 Å². The van der Waals surface area contributed by atoms with Gasteiger partial charge in [0.2, 0.25) is 0 Å². The van der Waals surface area contributed by atoms with Gasteiger partial charge in [-0.2, -0.15) is 0 Å². The van der Waals surface area contributed by atoms with Crippen LogP contribution in [0.3, 0.4) is 0 Å². The van der Waals surface area contributed by atoms with Crippen LogP contribution in [-0.4, -0.2) is 54.6 Å². The highest BCUT2D eigenvalue weighted by Crippen LogP contribution is 2.33. The van der Waals surface area contributed by atoms with Gasteiger partial charge in [-0.3, -0.25) is 4.90 Å². The van der Waals surface area contributed by atoms with Crippen molar-refractivity contribution < 1.29 is 0 Å². The molecule has 2 aliphatic rings. The third-order valence-corrected chi connectivity index (χ3v) is 3.44. The lowest BCUT2D eigenvalue weighted by atomic mass is 10.2. The van der Waals surface area contributed by atoms with Crippen molar-refractivity contribution in [2.75, 3.05) is 39.3 Å². The number of nitrogens with two attached hydrogens (primary N) is 1. The van der Waals surface area contributed by atoms with E-state index in [9.17, 15) is 0 Å². The van der Waals surface area contributed by atoms with Crippen LogP contribution in [0.2, 0.25) is 0 Å². The van der Waals surface area contributed by atoms with Crippen LogP contribution in [0.15, 0.2) is 0 Å². The highest BCUT2D eigenvalue weighted by molar-refractivity contribution is 5.01. The van der Waals surface area contributed by atoms with Crippen molar-refractivity contribution in [3.8, 4) is 0 Å². The van der Waals surface area contributed by atoms with E-state index in [2.05, 4.69) is 16.7 Å². The molecule has 2 fully saturated rings. The zero-order chi connectivity index (χ0) is 10.0. The predicted molar refractivity (Wildman–Crippen MR) is 59.3 cm³/mol. The molecule has 3 nitrogen and oxygen atoms in total. The van der Waals surface area contributed by atoms with Crippen molar-refractivity contribution in [2.24, 2.45) is 5.73 Å². The second-order valence-electron chi connectivity index (χ2n) is 4.98. The van der Waals surface area contributed by atoms with Gasteiger partial charge in [0.05, 0.1) is 0 Å². The molecule has 1 saturated heterocycles. The van der Waals surface area contributed by atoms with Crippen LogP contribution in [0.4, 0.5) is 0 Å². The molecule has 0 bridgehead atoms. The van der Waals surface area contributed by atoms with Gasteiger partial charge in [-0.15, -0.1) is 0 Å². The molecule has 14 heavy (non-hydrogen) atoms. The van der Waals surface area contributed by atoms with Gasteiger partial charge in [-0.1, -0.05) is 6.92 Å². The third kappa shape index (κ3) is 2.69. The summed E-state index contributed by atoms with van der Waals surface area (Å²) in [7, 11) is 0. The first kappa shape index (κ1) is 10.4. The fourth-order valence-corrected chi connectivity index (χ4v) is 2.25. The molecule has 0 aromatic heterocycles. The van der Waals surface area contributed by atoms with Gasteiger partial charge < -0.3 is 10.6 Å². The monoisotopic (exact) mass is 197 g/mol. The number of nitrogens with zero attached hydrogens (tertiary/aromatic N) is 2. The summed E-state index contributed by atoms with van der Waals surface area (Å²) in [5, 5.41) is 0. The van der Waals surface area contributed by atoms with Crippen LogP contribution in [-0.2, 0) is 0 Å². The van der Waals surface area contributed by atoms with E-state index in [0.29, 0.717) is 0 Å². The van der Waals surface area contributed by atoms with E-state index >= 15 is 0 Å². The molecule has 82 valence electrons. The van der Waals surface area contributed by atoms with Crippen LogP contribution in [0.5, 0.6) is 0 Å². The summed E-state index contributed by atoms with van der Waals surface area (Å²) >= 11 is 0. The first-order valence-electron chi connectivity index (χ1n) is 5.95. The summed E-state index contributed by atoms with van der Waals surface area (Å²) in [5.41, 5.74) is 6.32. The number of hydrogen-bond donors (Lipinski definition) is 1. The Labute approximate surface area is 87.2 Å². The maximum Gasteiger partial charge on any atom is 0.0284 e. The number of hydrogen-bond acceptors (Lipinski definition) is 3. The van der Waals surface area contributed by atoms with E-state index in [-0.39, 0.29) is 5.54 Å². The number of piperazine rings is 1. The second-order valence-corrected chi connectivity index (χ2v) is 4.98. The molecule has 0 aromatic rings. The second kappa shape index (κ2) is 4.17. The zero-order valence-corrected chi connectivity index (χ0v) is 9.34. The lowest BCUT2D eigenvalue weighted by Crippen LogP contribution is -2.50. The predicted octanol–water partition coefficient (Wildman–Crippen LogP) is 0.505. The Bertz CT molecular complexity index is 181. The average Bonchev–Trinajstić information content (AvgIpc) is 2.88. The van der Waals surface area contributed by atoms with E-state index in [1.54, 1.807) is 0 Å². The molecule has 1 aliphatic heterocycles. The van der Waals surface area contributed by atoms with Crippen molar-refractivity contribution in [3.63, 3.8) is 0 Å². The first-order chi connectivity index (χ1) is 6.72. The van der Waals surface area contributed by atoms with Crippen LogP contribution in [0.25, 0.3) is 0 Å². The van der Waals surface area contributed by atoms with Crippen LogP contribution in [0, 0.1) is 0 Å². The van der Waals surface area contributed by atoms with E-state index < -0.39 is 0 Å². The Kier molecular flexibility index (Phi) is 3.10. The fourth-order valence-electron chi connectivity index (χ4n) is 2.25. The van der Waals surface area contributed by atoms with Crippen molar-refractivity contribution in [1.29, 1.82) is 0 Å². The van der Waals surface area contributed by atoms with E-state index in [4.69, 9.17) is 5.73 Å². The largest absolute Gasteiger partial charge is 0.324 e. The zero-order valence-electron chi connectivity index (χ0n) is 9.34. The topological polar surface area (TPSA) is 32.5 Å². The summed E-state index contributed by atoms with van der Waals surface area (Å²) in [5.74, 6) is 0. The maximum absolute atomic E-state index is 6.12. The van der Waals surface area contributed by atoms with Gasteiger partial charge in [0.1, 0.15) is 0 Å². The summed E-state index contributed by atoms with van der Waals surface area (Å²) in [6, 6.07) is 0. The van der Waals surface area contributed by atoms with Gasteiger partial charge >= 0.3 is 0 Å². The normalized spacial score (nSPS) is 27.9. The molecular formula is C11H23N3. The molecule has 1 aliphatic carbocycles. The molecule has 3 heteroatoms. The van der Waals surface area contributed by atoms with Gasteiger partial charge in [0, 0.05) is 38.3 Å². The summed E-state index contributed by atoms with van der Waals surface area (Å²) in [6.07, 6.45) is 3.76. The lowest BCUT2D eigenvalue weighted by molar-refractivity contribution is 0.125. The minimum Gasteiger partial charge on any atom is -0.324 e. The average molecular weight is 197 g/mol. The Morgan fingerprint density at radius 1 is 1.07 bits per heavy atom. The summed E-state index contributed by atoms with van der Waals surface area (Å²) in [4.78, 5) is 5.10. The molecular weight excluding hydrogens is 174 g/mol. The molecule has 1 saturated carbocycles. The molecule has 0 unspecified atom stereocenters. The van der Waals surface area contributed by atoms with Crippen molar-refractivity contribution in [1.82, 2.24) is 9.80 Å². The Morgan fingerprint density at radius 2 is 1.64 bits per heavy atom. The molecule has 0 amide bonds. The molecule has 0 atom stereocenters. The van der Waals surface area contributed by atoms with Crippen LogP contribution < -0.4 is 5.73 Å². The van der Waals surface area contributed by atoms with E-state index in [0.717, 1.165) is 6.54 Å². The smallest absolute Gasteiger partial charge is 0.0284 e. The van der Waals surface area contributed by atoms with Gasteiger partial charge in [0.15, 0.2) is 0 Å². The molecule has 0 aromatic carbocycles. The number of rotatable bonds is 4. The Balaban J connectivity index is 1.68. The van der Waals surface area contributed by atoms with Gasteiger partial charge in [-0.05, 0) is 25.8 Å². The minimum atomic E-state index is 0.201. The third-order valence-electron chi connectivity index (χ3n) is 3.44. The molecule has 1 heterocycles. The highest BCUT2D eigenvalue weighted by atomic mass is 15.3. The summed E-state index contributed by atoms with van der Waals surface area (Å²) < 4.78 is 0. The quantitative estimate of drug-likeness (QED) is 0.712. The standard InChI is InChI=1S/C11H23N3/c1-2-5-13-6-8-14(9-7-13)10-11(12)3-4-11/h2-10,12H2,1H3. The highest BCUT2D eigenvalue weighted by Gasteiger charge is 2.39. The Hall–Kier alpha value is -0.120. The first-order valence-corrected chi connectivity index (χ1v) is 5.95. The minimum absolute atomic E-state index is 0.201. The van der Waals surface area contributed by atoms with Gasteiger partial charge in [-0.25, -0.2) is 0 Å². The fraction of sp³-hybridized carbons (Fsp3) is 1.00. The molecule has 2 rings (SSSR count). The van der Waals surface area contributed by atoms with Gasteiger partial charge in [0.25, 0.3) is 0 Å².